The van der Waals surface area contributed by atoms with E-state index in [4.69, 9.17) is 0 Å². The summed E-state index contributed by atoms with van der Waals surface area (Å²) in [5.41, 5.74) is -0.282. The zero-order valence-corrected chi connectivity index (χ0v) is 11.2. The minimum absolute atomic E-state index is 0.0523. The van der Waals surface area contributed by atoms with Crippen LogP contribution in [-0.4, -0.2) is 10.8 Å². The van der Waals surface area contributed by atoms with Gasteiger partial charge in [-0.1, -0.05) is 30.3 Å². The standard InChI is InChI=1S/C17H11F2NO/c1-10-6-7-13(18)14(15(10)19)17(21)16-12-5-3-2-4-11(12)8-9-20-16/h2-9H,1H3. The van der Waals surface area contributed by atoms with Gasteiger partial charge >= 0.3 is 0 Å². The zero-order valence-electron chi connectivity index (χ0n) is 11.2. The summed E-state index contributed by atoms with van der Waals surface area (Å²) in [4.78, 5) is 16.5. The molecule has 0 unspecified atom stereocenters. The Morgan fingerprint density at radius 1 is 1.05 bits per heavy atom. The van der Waals surface area contributed by atoms with Crippen LogP contribution in [0, 0.1) is 18.6 Å². The Hall–Kier alpha value is -2.62. The number of halogens is 2. The smallest absolute Gasteiger partial charge is 0.217 e. The van der Waals surface area contributed by atoms with Crippen LogP contribution in [-0.2, 0) is 0 Å². The lowest BCUT2D eigenvalue weighted by Crippen LogP contribution is -2.11. The fraction of sp³-hybridized carbons (Fsp3) is 0.0588. The summed E-state index contributed by atoms with van der Waals surface area (Å²) >= 11 is 0. The van der Waals surface area contributed by atoms with E-state index in [2.05, 4.69) is 4.98 Å². The summed E-state index contributed by atoms with van der Waals surface area (Å²) in [5, 5.41) is 1.37. The van der Waals surface area contributed by atoms with Crippen molar-refractivity contribution in [1.29, 1.82) is 0 Å². The van der Waals surface area contributed by atoms with Crippen molar-refractivity contribution >= 4 is 16.6 Å². The molecule has 1 heterocycles. The molecule has 0 saturated heterocycles. The summed E-state index contributed by atoms with van der Waals surface area (Å²) in [7, 11) is 0. The average molecular weight is 283 g/mol. The molecule has 0 N–H and O–H groups in total. The minimum Gasteiger partial charge on any atom is -0.287 e. The van der Waals surface area contributed by atoms with E-state index in [-0.39, 0.29) is 11.3 Å². The largest absolute Gasteiger partial charge is 0.287 e. The zero-order chi connectivity index (χ0) is 15.0. The van der Waals surface area contributed by atoms with E-state index in [9.17, 15) is 13.6 Å². The molecule has 0 aliphatic carbocycles. The highest BCUT2D eigenvalue weighted by Crippen LogP contribution is 2.23. The van der Waals surface area contributed by atoms with Gasteiger partial charge in [0.1, 0.15) is 17.3 Å². The molecule has 0 aliphatic heterocycles. The molecular formula is C17H11F2NO. The lowest BCUT2D eigenvalue weighted by Gasteiger charge is -2.08. The van der Waals surface area contributed by atoms with Gasteiger partial charge in [0, 0.05) is 11.6 Å². The number of hydrogen-bond donors (Lipinski definition) is 0. The summed E-state index contributed by atoms with van der Waals surface area (Å²) in [6.07, 6.45) is 1.46. The summed E-state index contributed by atoms with van der Waals surface area (Å²) in [6, 6.07) is 11.2. The van der Waals surface area contributed by atoms with Crippen molar-refractivity contribution in [2.45, 2.75) is 6.92 Å². The molecule has 0 atom stereocenters. The SMILES string of the molecule is Cc1ccc(F)c(C(=O)c2nccc3ccccc23)c1F. The predicted molar refractivity (Wildman–Crippen MR) is 76.3 cm³/mol. The van der Waals surface area contributed by atoms with Gasteiger partial charge in [0.2, 0.25) is 5.78 Å². The number of carbonyl (C=O) groups is 1. The molecule has 2 nitrogen and oxygen atoms in total. The second kappa shape index (κ2) is 5.05. The molecule has 0 bridgehead atoms. The molecule has 0 radical (unpaired) electrons. The summed E-state index contributed by atoms with van der Waals surface area (Å²) in [5.74, 6) is -2.46. The Balaban J connectivity index is 2.25. The maximum atomic E-state index is 14.1. The fourth-order valence-electron chi connectivity index (χ4n) is 2.28. The monoisotopic (exact) mass is 283 g/mol. The van der Waals surface area contributed by atoms with Crippen molar-refractivity contribution in [3.63, 3.8) is 0 Å². The number of ketones is 1. The Kier molecular flexibility index (Phi) is 3.22. The van der Waals surface area contributed by atoms with Gasteiger partial charge < -0.3 is 0 Å². The first-order valence-electron chi connectivity index (χ1n) is 6.42. The first kappa shape index (κ1) is 13.4. The van der Waals surface area contributed by atoms with Crippen LogP contribution in [0.4, 0.5) is 8.78 Å². The molecule has 104 valence electrons. The number of pyridine rings is 1. The number of carbonyl (C=O) groups excluding carboxylic acids is 1. The molecule has 4 heteroatoms. The number of hydrogen-bond acceptors (Lipinski definition) is 2. The molecule has 0 aliphatic rings. The van der Waals surface area contributed by atoms with Crippen LogP contribution in [0.2, 0.25) is 0 Å². The van der Waals surface area contributed by atoms with Crippen molar-refractivity contribution in [2.24, 2.45) is 0 Å². The lowest BCUT2D eigenvalue weighted by atomic mass is 10.00. The molecule has 0 spiro atoms. The van der Waals surface area contributed by atoms with Gasteiger partial charge in [0.25, 0.3) is 0 Å². The second-order valence-electron chi connectivity index (χ2n) is 4.76. The van der Waals surface area contributed by atoms with E-state index in [1.807, 2.05) is 12.1 Å². The number of aryl methyl sites for hydroxylation is 1. The highest BCUT2D eigenvalue weighted by Gasteiger charge is 2.23. The maximum Gasteiger partial charge on any atom is 0.217 e. The van der Waals surface area contributed by atoms with Crippen LogP contribution in [0.15, 0.2) is 48.7 Å². The molecule has 3 aromatic rings. The van der Waals surface area contributed by atoms with Gasteiger partial charge in [-0.3, -0.25) is 9.78 Å². The molecule has 1 aromatic heterocycles. The van der Waals surface area contributed by atoms with Gasteiger partial charge in [0.05, 0.1) is 5.56 Å². The lowest BCUT2D eigenvalue weighted by molar-refractivity contribution is 0.102. The van der Waals surface area contributed by atoms with E-state index in [1.165, 1.54) is 19.2 Å². The summed E-state index contributed by atoms with van der Waals surface area (Å²) in [6.45, 7) is 1.49. The Morgan fingerprint density at radius 3 is 2.62 bits per heavy atom. The first-order chi connectivity index (χ1) is 10.1. The normalized spacial score (nSPS) is 10.8. The average Bonchev–Trinajstić information content (AvgIpc) is 2.50. The van der Waals surface area contributed by atoms with Crippen molar-refractivity contribution < 1.29 is 13.6 Å². The topological polar surface area (TPSA) is 30.0 Å². The van der Waals surface area contributed by atoms with E-state index in [1.54, 1.807) is 18.2 Å². The van der Waals surface area contributed by atoms with E-state index >= 15 is 0 Å². The van der Waals surface area contributed by atoms with E-state index in [0.29, 0.717) is 5.39 Å². The fourth-order valence-corrected chi connectivity index (χ4v) is 2.28. The molecule has 0 fully saturated rings. The van der Waals surface area contributed by atoms with Crippen LogP contribution in [0.5, 0.6) is 0 Å². The van der Waals surface area contributed by atoms with Crippen LogP contribution in [0.25, 0.3) is 10.8 Å². The number of fused-ring (bicyclic) bond motifs is 1. The van der Waals surface area contributed by atoms with Crippen LogP contribution < -0.4 is 0 Å². The van der Waals surface area contributed by atoms with E-state index in [0.717, 1.165) is 11.5 Å². The minimum atomic E-state index is -0.877. The number of aromatic nitrogens is 1. The summed E-state index contributed by atoms with van der Waals surface area (Å²) < 4.78 is 28.0. The van der Waals surface area contributed by atoms with Gasteiger partial charge in [0.15, 0.2) is 0 Å². The number of rotatable bonds is 2. The van der Waals surface area contributed by atoms with Gasteiger partial charge in [-0.2, -0.15) is 0 Å². The third kappa shape index (κ3) is 2.18. The number of nitrogens with zero attached hydrogens (tertiary/aromatic N) is 1. The Bertz CT molecular complexity index is 853. The second-order valence-corrected chi connectivity index (χ2v) is 4.76. The van der Waals surface area contributed by atoms with Crippen molar-refractivity contribution in [3.05, 3.63) is 77.1 Å². The molecule has 21 heavy (non-hydrogen) atoms. The highest BCUT2D eigenvalue weighted by molar-refractivity contribution is 6.15. The van der Waals surface area contributed by atoms with Crippen LogP contribution >= 0.6 is 0 Å². The number of benzene rings is 2. The van der Waals surface area contributed by atoms with Gasteiger partial charge in [-0.05, 0) is 30.0 Å². The predicted octanol–water partition coefficient (Wildman–Crippen LogP) is 4.05. The Morgan fingerprint density at radius 2 is 1.81 bits per heavy atom. The maximum absolute atomic E-state index is 14.1. The molecular weight excluding hydrogens is 272 g/mol. The first-order valence-corrected chi connectivity index (χ1v) is 6.42. The van der Waals surface area contributed by atoms with Crippen LogP contribution in [0.3, 0.4) is 0 Å². The third-order valence-electron chi connectivity index (χ3n) is 3.40. The Labute approximate surface area is 120 Å². The van der Waals surface area contributed by atoms with Crippen molar-refractivity contribution in [2.75, 3.05) is 0 Å². The molecule has 2 aromatic carbocycles. The van der Waals surface area contributed by atoms with Crippen molar-refractivity contribution in [3.8, 4) is 0 Å². The van der Waals surface area contributed by atoms with Gasteiger partial charge in [-0.15, -0.1) is 0 Å². The third-order valence-corrected chi connectivity index (χ3v) is 3.40. The molecule has 0 amide bonds. The highest BCUT2D eigenvalue weighted by atomic mass is 19.1. The molecule has 3 rings (SSSR count). The quantitative estimate of drug-likeness (QED) is 0.664. The van der Waals surface area contributed by atoms with E-state index < -0.39 is 23.0 Å². The van der Waals surface area contributed by atoms with Gasteiger partial charge in [-0.25, -0.2) is 8.78 Å². The van der Waals surface area contributed by atoms with Crippen LogP contribution in [0.1, 0.15) is 21.6 Å². The van der Waals surface area contributed by atoms with Crippen molar-refractivity contribution in [1.82, 2.24) is 4.98 Å². The molecule has 0 saturated carbocycles.